The topological polar surface area (TPSA) is 66.0 Å². The summed E-state index contributed by atoms with van der Waals surface area (Å²) >= 11 is 0. The molecular formula is C23H27FN4O3. The molecule has 2 aliphatic heterocycles. The SMILES string of the molecule is CCCCN1C(=O)[C@](C)(C(=O)N2CCN(c3ccccc3F)CC2)Oc2cccnc21. The molecule has 2 aliphatic rings. The number of unbranched alkanes of at least 4 members (excludes halogenated alkanes) is 1. The fourth-order valence-electron chi connectivity index (χ4n) is 4.10. The molecule has 0 N–H and O–H groups in total. The normalized spacial score (nSPS) is 21.0. The zero-order valence-electron chi connectivity index (χ0n) is 17.9. The van der Waals surface area contributed by atoms with Gasteiger partial charge in [0.05, 0.1) is 5.69 Å². The van der Waals surface area contributed by atoms with Crippen molar-refractivity contribution in [1.29, 1.82) is 0 Å². The van der Waals surface area contributed by atoms with Crippen molar-refractivity contribution in [3.05, 3.63) is 48.4 Å². The molecule has 8 heteroatoms. The number of piperazine rings is 1. The summed E-state index contributed by atoms with van der Waals surface area (Å²) in [4.78, 5) is 36.3. The Hall–Kier alpha value is -3.16. The molecule has 0 aliphatic carbocycles. The van der Waals surface area contributed by atoms with Crippen LogP contribution in [0.15, 0.2) is 42.6 Å². The van der Waals surface area contributed by atoms with Crippen molar-refractivity contribution < 1.29 is 18.7 Å². The minimum Gasteiger partial charge on any atom is -0.464 e. The number of carbonyl (C=O) groups is 2. The quantitative estimate of drug-likeness (QED) is 0.688. The lowest BCUT2D eigenvalue weighted by Gasteiger charge is -2.43. The Morgan fingerprint density at radius 1 is 1.16 bits per heavy atom. The molecule has 0 saturated carbocycles. The van der Waals surface area contributed by atoms with Gasteiger partial charge in [0.1, 0.15) is 5.82 Å². The third-order valence-corrected chi connectivity index (χ3v) is 5.88. The van der Waals surface area contributed by atoms with E-state index >= 15 is 0 Å². The van der Waals surface area contributed by atoms with E-state index in [0.29, 0.717) is 50.0 Å². The van der Waals surface area contributed by atoms with Crippen LogP contribution in [-0.2, 0) is 9.59 Å². The highest BCUT2D eigenvalue weighted by atomic mass is 19.1. The molecule has 1 fully saturated rings. The molecule has 7 nitrogen and oxygen atoms in total. The summed E-state index contributed by atoms with van der Waals surface area (Å²) in [5.74, 6) is -0.166. The van der Waals surface area contributed by atoms with E-state index in [2.05, 4.69) is 4.98 Å². The van der Waals surface area contributed by atoms with Gasteiger partial charge in [0.15, 0.2) is 11.6 Å². The molecule has 1 aromatic heterocycles. The van der Waals surface area contributed by atoms with Gasteiger partial charge < -0.3 is 14.5 Å². The predicted octanol–water partition coefficient (Wildman–Crippen LogP) is 2.85. The maximum absolute atomic E-state index is 14.1. The number of ether oxygens (including phenoxy) is 1. The number of pyridine rings is 1. The fourth-order valence-corrected chi connectivity index (χ4v) is 4.10. The van der Waals surface area contributed by atoms with Crippen LogP contribution in [0.4, 0.5) is 15.9 Å². The first-order valence-electron chi connectivity index (χ1n) is 10.7. The van der Waals surface area contributed by atoms with E-state index < -0.39 is 11.5 Å². The van der Waals surface area contributed by atoms with Gasteiger partial charge in [-0.2, -0.15) is 0 Å². The number of para-hydroxylation sites is 1. The van der Waals surface area contributed by atoms with Gasteiger partial charge in [-0.15, -0.1) is 0 Å². The average molecular weight is 426 g/mol. The van der Waals surface area contributed by atoms with Crippen molar-refractivity contribution >= 4 is 23.3 Å². The Morgan fingerprint density at radius 3 is 2.61 bits per heavy atom. The van der Waals surface area contributed by atoms with Gasteiger partial charge >= 0.3 is 0 Å². The van der Waals surface area contributed by atoms with E-state index in [4.69, 9.17) is 4.74 Å². The van der Waals surface area contributed by atoms with E-state index in [0.717, 1.165) is 12.8 Å². The van der Waals surface area contributed by atoms with Gasteiger partial charge in [0.25, 0.3) is 17.4 Å². The van der Waals surface area contributed by atoms with Crippen molar-refractivity contribution in [2.24, 2.45) is 0 Å². The van der Waals surface area contributed by atoms with Crippen molar-refractivity contribution in [3.63, 3.8) is 0 Å². The maximum Gasteiger partial charge on any atom is 0.282 e. The third-order valence-electron chi connectivity index (χ3n) is 5.88. The minimum absolute atomic E-state index is 0.282. The molecule has 1 saturated heterocycles. The first-order chi connectivity index (χ1) is 15.0. The van der Waals surface area contributed by atoms with Crippen molar-refractivity contribution in [1.82, 2.24) is 9.88 Å². The number of nitrogens with zero attached hydrogens (tertiary/aromatic N) is 4. The Kier molecular flexibility index (Phi) is 5.80. The number of benzene rings is 1. The molecule has 1 aromatic carbocycles. The minimum atomic E-state index is -1.65. The smallest absolute Gasteiger partial charge is 0.282 e. The first-order valence-corrected chi connectivity index (χ1v) is 10.7. The van der Waals surface area contributed by atoms with Crippen molar-refractivity contribution in [2.45, 2.75) is 32.3 Å². The largest absolute Gasteiger partial charge is 0.464 e. The summed E-state index contributed by atoms with van der Waals surface area (Å²) in [7, 11) is 0. The maximum atomic E-state index is 14.1. The summed E-state index contributed by atoms with van der Waals surface area (Å²) in [6.45, 7) is 5.79. The second-order valence-electron chi connectivity index (χ2n) is 8.00. The van der Waals surface area contributed by atoms with Crippen LogP contribution in [0, 0.1) is 5.82 Å². The van der Waals surface area contributed by atoms with Crippen LogP contribution in [0.25, 0.3) is 0 Å². The Bertz CT molecular complexity index is 977. The molecule has 4 rings (SSSR count). The molecule has 0 spiro atoms. The molecule has 0 unspecified atom stereocenters. The van der Waals surface area contributed by atoms with Gasteiger partial charge in [0.2, 0.25) is 0 Å². The number of fused-ring (bicyclic) bond motifs is 1. The summed E-state index contributed by atoms with van der Waals surface area (Å²) < 4.78 is 20.1. The lowest BCUT2D eigenvalue weighted by Crippen LogP contribution is -2.65. The number of carbonyl (C=O) groups excluding carboxylic acids is 2. The van der Waals surface area contributed by atoms with E-state index in [-0.39, 0.29) is 11.7 Å². The highest BCUT2D eigenvalue weighted by Crippen LogP contribution is 2.37. The van der Waals surface area contributed by atoms with Crippen LogP contribution in [-0.4, -0.2) is 60.0 Å². The van der Waals surface area contributed by atoms with Crippen LogP contribution < -0.4 is 14.5 Å². The van der Waals surface area contributed by atoms with Gasteiger partial charge in [-0.1, -0.05) is 25.5 Å². The highest BCUT2D eigenvalue weighted by Gasteiger charge is 2.53. The lowest BCUT2D eigenvalue weighted by molar-refractivity contribution is -0.156. The van der Waals surface area contributed by atoms with E-state index in [1.165, 1.54) is 13.0 Å². The molecule has 1 atom stereocenters. The monoisotopic (exact) mass is 426 g/mol. The summed E-state index contributed by atoms with van der Waals surface area (Å²) in [6, 6.07) is 10.1. The molecule has 2 amide bonds. The standard InChI is InChI=1S/C23H27FN4O3/c1-3-4-12-28-20-19(10-7-11-25-20)31-23(2,22(28)30)21(29)27-15-13-26(14-16-27)18-9-6-5-8-17(18)24/h5-11H,3-4,12-16H2,1-2H3/t23-/m0/s1. The van der Waals surface area contributed by atoms with Crippen molar-refractivity contribution in [2.75, 3.05) is 42.5 Å². The molecule has 0 bridgehead atoms. The van der Waals surface area contributed by atoms with E-state index in [1.54, 1.807) is 46.3 Å². The van der Waals surface area contributed by atoms with E-state index in [1.807, 2.05) is 11.8 Å². The lowest BCUT2D eigenvalue weighted by atomic mass is 9.99. The molecule has 0 radical (unpaired) electrons. The third kappa shape index (κ3) is 3.82. The fraction of sp³-hybridized carbons (Fsp3) is 0.435. The first kappa shape index (κ1) is 21.1. The van der Waals surface area contributed by atoms with Crippen LogP contribution in [0.5, 0.6) is 5.75 Å². The van der Waals surface area contributed by atoms with Crippen LogP contribution in [0.1, 0.15) is 26.7 Å². The van der Waals surface area contributed by atoms with Gasteiger partial charge in [-0.3, -0.25) is 14.5 Å². The Balaban J connectivity index is 1.53. The second kappa shape index (κ2) is 8.53. The number of hydrogen-bond donors (Lipinski definition) is 0. The number of hydrogen-bond acceptors (Lipinski definition) is 5. The van der Waals surface area contributed by atoms with Gasteiger partial charge in [-0.05, 0) is 37.6 Å². The summed E-state index contributed by atoms with van der Waals surface area (Å²) in [5.41, 5.74) is -1.12. The van der Waals surface area contributed by atoms with E-state index in [9.17, 15) is 14.0 Å². The van der Waals surface area contributed by atoms with Crippen LogP contribution in [0.3, 0.4) is 0 Å². The summed E-state index contributed by atoms with van der Waals surface area (Å²) in [5, 5.41) is 0. The predicted molar refractivity (Wildman–Crippen MR) is 116 cm³/mol. The highest BCUT2D eigenvalue weighted by molar-refractivity contribution is 6.16. The zero-order chi connectivity index (χ0) is 22.0. The number of amides is 2. The van der Waals surface area contributed by atoms with Crippen LogP contribution in [0.2, 0.25) is 0 Å². The van der Waals surface area contributed by atoms with Crippen molar-refractivity contribution in [3.8, 4) is 5.75 Å². The molecule has 2 aromatic rings. The summed E-state index contributed by atoms with van der Waals surface area (Å²) in [6.07, 6.45) is 3.32. The molecule has 164 valence electrons. The number of aromatic nitrogens is 1. The molecule has 31 heavy (non-hydrogen) atoms. The van der Waals surface area contributed by atoms with Gasteiger partial charge in [-0.25, -0.2) is 9.37 Å². The van der Waals surface area contributed by atoms with Gasteiger partial charge in [0, 0.05) is 38.9 Å². The zero-order valence-corrected chi connectivity index (χ0v) is 17.9. The number of rotatable bonds is 5. The number of halogens is 1. The van der Waals surface area contributed by atoms with Crippen LogP contribution >= 0.6 is 0 Å². The Morgan fingerprint density at radius 2 is 1.90 bits per heavy atom. The Labute approximate surface area is 181 Å². The molecular weight excluding hydrogens is 399 g/mol. The second-order valence-corrected chi connectivity index (χ2v) is 8.00. The number of anilines is 2. The average Bonchev–Trinajstić information content (AvgIpc) is 2.79. The molecule has 3 heterocycles.